The van der Waals surface area contributed by atoms with Gasteiger partial charge >= 0.3 is 0 Å². The van der Waals surface area contributed by atoms with E-state index in [1.807, 2.05) is 20.0 Å². The van der Waals surface area contributed by atoms with Crippen LogP contribution in [0.15, 0.2) is 36.7 Å². The van der Waals surface area contributed by atoms with E-state index in [1.54, 1.807) is 21.7 Å². The Bertz CT molecular complexity index is 1680. The second-order valence-electron chi connectivity index (χ2n) is 12.4. The van der Waals surface area contributed by atoms with E-state index in [0.717, 1.165) is 32.1 Å². The van der Waals surface area contributed by atoms with Crippen molar-refractivity contribution in [1.82, 2.24) is 34.9 Å². The number of methoxy groups -OCH3 is 1. The number of hydrogen-bond donors (Lipinski definition) is 3. The molecule has 2 atom stereocenters. The van der Waals surface area contributed by atoms with Gasteiger partial charge in [0.25, 0.3) is 5.91 Å². The highest BCUT2D eigenvalue weighted by atomic mass is 19.1. The quantitative estimate of drug-likeness (QED) is 0.260. The Labute approximate surface area is 285 Å². The van der Waals surface area contributed by atoms with E-state index in [-0.39, 0.29) is 41.3 Å². The molecule has 3 heterocycles. The molecule has 260 valence electrons. The van der Waals surface area contributed by atoms with Crippen LogP contribution in [0, 0.1) is 23.1 Å². The highest BCUT2D eigenvalue weighted by Crippen LogP contribution is 2.28. The van der Waals surface area contributed by atoms with Crippen LogP contribution < -0.4 is 20.7 Å². The Morgan fingerprint density at radius 2 is 1.88 bits per heavy atom. The summed E-state index contributed by atoms with van der Waals surface area (Å²) in [6.07, 6.45) is 7.45. The lowest BCUT2D eigenvalue weighted by molar-refractivity contribution is -0.133. The summed E-state index contributed by atoms with van der Waals surface area (Å²) in [6.45, 7) is 4.87. The number of nitrogens with one attached hydrogen (secondary N) is 3. The number of anilines is 2. The molecule has 2 fully saturated rings. The smallest absolute Gasteiger partial charge is 0.270 e. The molecule has 2 aliphatic rings. The fourth-order valence-corrected chi connectivity index (χ4v) is 6.36. The monoisotopic (exact) mass is 674 g/mol. The summed E-state index contributed by atoms with van der Waals surface area (Å²) in [5.74, 6) is -1.71. The van der Waals surface area contributed by atoms with Gasteiger partial charge < -0.3 is 30.5 Å². The molecule has 1 aromatic carbocycles. The summed E-state index contributed by atoms with van der Waals surface area (Å²) < 4.78 is 22.4. The number of carbonyl (C=O) groups is 3. The Morgan fingerprint density at radius 1 is 1.12 bits per heavy atom. The molecule has 1 saturated carbocycles. The lowest BCUT2D eigenvalue weighted by Gasteiger charge is -2.35. The van der Waals surface area contributed by atoms with Crippen LogP contribution in [0.2, 0.25) is 0 Å². The van der Waals surface area contributed by atoms with Gasteiger partial charge in [0, 0.05) is 45.3 Å². The third-order valence-electron chi connectivity index (χ3n) is 9.15. The number of likely N-dealkylation sites (N-methyl/N-ethyl adjacent to an activating group) is 1. The Kier molecular flexibility index (Phi) is 11.7. The molecule has 3 amide bonds. The first kappa shape index (κ1) is 35.2. The van der Waals surface area contributed by atoms with Crippen molar-refractivity contribution >= 4 is 29.4 Å². The number of benzene rings is 1. The maximum atomic E-state index is 15.7. The number of ether oxygens (including phenoxy) is 1. The highest BCUT2D eigenvalue weighted by Gasteiger charge is 2.33. The van der Waals surface area contributed by atoms with Crippen molar-refractivity contribution in [1.29, 1.82) is 5.26 Å². The molecule has 2 aromatic heterocycles. The number of halogens is 1. The van der Waals surface area contributed by atoms with E-state index in [4.69, 9.17) is 4.74 Å². The zero-order chi connectivity index (χ0) is 34.9. The Morgan fingerprint density at radius 3 is 2.55 bits per heavy atom. The summed E-state index contributed by atoms with van der Waals surface area (Å²) in [4.78, 5) is 52.9. The van der Waals surface area contributed by atoms with Crippen LogP contribution in [-0.2, 0) is 22.6 Å². The molecule has 0 bridgehead atoms. The average Bonchev–Trinajstić information content (AvgIpc) is 3.61. The summed E-state index contributed by atoms with van der Waals surface area (Å²) in [5.41, 5.74) is 0.969. The molecule has 1 saturated heterocycles. The van der Waals surface area contributed by atoms with Gasteiger partial charge in [-0.25, -0.2) is 9.37 Å². The van der Waals surface area contributed by atoms with Crippen LogP contribution in [0.25, 0.3) is 0 Å². The molecular weight excluding hydrogens is 631 g/mol. The van der Waals surface area contributed by atoms with Gasteiger partial charge in [0.05, 0.1) is 19.0 Å². The Hall–Kier alpha value is -5.10. The zero-order valence-corrected chi connectivity index (χ0v) is 28.1. The van der Waals surface area contributed by atoms with Crippen LogP contribution in [0.4, 0.5) is 16.0 Å². The maximum Gasteiger partial charge on any atom is 0.270 e. The lowest BCUT2D eigenvalue weighted by atomic mass is 9.83. The number of hydrogen-bond acceptors (Lipinski definition) is 10. The topological polar surface area (TPSA) is 170 Å². The van der Waals surface area contributed by atoms with Crippen LogP contribution >= 0.6 is 0 Å². The summed E-state index contributed by atoms with van der Waals surface area (Å²) in [6, 6.07) is 6.26. The number of nitriles is 1. The summed E-state index contributed by atoms with van der Waals surface area (Å²) in [7, 11) is 3.38. The molecule has 15 heteroatoms. The maximum absolute atomic E-state index is 15.7. The minimum atomic E-state index is -0.858. The summed E-state index contributed by atoms with van der Waals surface area (Å²) >= 11 is 0. The predicted octanol–water partition coefficient (Wildman–Crippen LogP) is 2.83. The van der Waals surface area contributed by atoms with Crippen molar-refractivity contribution < 1.29 is 23.5 Å². The first-order valence-electron chi connectivity index (χ1n) is 16.7. The third-order valence-corrected chi connectivity index (χ3v) is 9.15. The lowest BCUT2D eigenvalue weighted by Crippen LogP contribution is -2.52. The second-order valence-corrected chi connectivity index (χ2v) is 12.4. The van der Waals surface area contributed by atoms with Crippen molar-refractivity contribution in [3.63, 3.8) is 0 Å². The zero-order valence-electron chi connectivity index (χ0n) is 28.1. The van der Waals surface area contributed by atoms with E-state index in [0.29, 0.717) is 44.0 Å². The van der Waals surface area contributed by atoms with Crippen molar-refractivity contribution in [2.75, 3.05) is 51.0 Å². The SMILES string of the molecule is CCn1nccc1C(=O)N[C@H](C(=O)Nc1ccc(C[C@@H](Nc2ncc(C#N)c(OC)n2)C(=O)N2CCN(C)CC2)cc1F)C1CCCCC1. The van der Waals surface area contributed by atoms with Crippen LogP contribution in [0.1, 0.15) is 60.6 Å². The van der Waals surface area contributed by atoms with Gasteiger partial charge in [-0.2, -0.15) is 15.3 Å². The van der Waals surface area contributed by atoms with Crippen molar-refractivity contribution in [3.05, 3.63) is 59.3 Å². The molecule has 0 unspecified atom stereocenters. The van der Waals surface area contributed by atoms with Gasteiger partial charge in [-0.15, -0.1) is 0 Å². The van der Waals surface area contributed by atoms with E-state index < -0.39 is 29.7 Å². The van der Waals surface area contributed by atoms with E-state index in [1.165, 1.54) is 31.6 Å². The van der Waals surface area contributed by atoms with E-state index >= 15 is 4.39 Å². The Balaban J connectivity index is 1.33. The molecular formula is C34H43FN10O4. The number of piperazine rings is 1. The van der Waals surface area contributed by atoms with Crippen molar-refractivity contribution in [2.24, 2.45) is 5.92 Å². The molecule has 5 rings (SSSR count). The van der Waals surface area contributed by atoms with Gasteiger partial charge in [-0.05, 0) is 56.5 Å². The van der Waals surface area contributed by atoms with Gasteiger partial charge in [0.1, 0.15) is 35.2 Å². The molecule has 1 aliphatic heterocycles. The number of aryl methyl sites for hydroxylation is 1. The fraction of sp³-hybridized carbons (Fsp3) is 0.500. The third kappa shape index (κ3) is 8.69. The van der Waals surface area contributed by atoms with Crippen molar-refractivity contribution in [2.45, 2.75) is 64.1 Å². The van der Waals surface area contributed by atoms with Gasteiger partial charge in [-0.1, -0.05) is 25.3 Å². The minimum Gasteiger partial charge on any atom is -0.480 e. The van der Waals surface area contributed by atoms with Gasteiger partial charge in [0.2, 0.25) is 23.6 Å². The second kappa shape index (κ2) is 16.3. The molecule has 1 aliphatic carbocycles. The summed E-state index contributed by atoms with van der Waals surface area (Å²) in [5, 5.41) is 22.1. The molecule has 49 heavy (non-hydrogen) atoms. The largest absolute Gasteiger partial charge is 0.480 e. The number of aromatic nitrogens is 4. The minimum absolute atomic E-state index is 0.0301. The van der Waals surface area contributed by atoms with E-state index in [9.17, 15) is 19.6 Å². The molecule has 3 aromatic rings. The number of nitrogens with zero attached hydrogens (tertiary/aromatic N) is 7. The first-order valence-corrected chi connectivity index (χ1v) is 16.7. The van der Waals surface area contributed by atoms with Crippen LogP contribution in [0.5, 0.6) is 5.88 Å². The molecule has 0 radical (unpaired) electrons. The van der Waals surface area contributed by atoms with Gasteiger partial charge in [0.15, 0.2) is 0 Å². The predicted molar refractivity (Wildman–Crippen MR) is 179 cm³/mol. The highest BCUT2D eigenvalue weighted by molar-refractivity contribution is 6.00. The average molecular weight is 675 g/mol. The number of amides is 3. The molecule has 14 nitrogen and oxygen atoms in total. The number of carbonyl (C=O) groups excluding carboxylic acids is 3. The van der Waals surface area contributed by atoms with Crippen LogP contribution in [0.3, 0.4) is 0 Å². The standard InChI is InChI=1S/C34H43FN10O4/c1-4-45-28(12-13-38-45)30(46)41-29(23-8-6-5-7-9-23)31(47)39-26-11-10-22(18-25(26)35)19-27(33(48)44-16-14-43(2)15-17-44)40-34-37-21-24(20-36)32(42-34)49-3/h10-13,18,21,23,27,29H,4-9,14-17,19H2,1-3H3,(H,39,47)(H,41,46)(H,37,40,42)/t27-,29+/m1/s1. The normalized spacial score (nSPS) is 16.7. The molecule has 3 N–H and O–H groups in total. The first-order chi connectivity index (χ1) is 23.7. The van der Waals surface area contributed by atoms with Crippen LogP contribution in [-0.4, -0.2) is 99.7 Å². The van der Waals surface area contributed by atoms with Crippen molar-refractivity contribution in [3.8, 4) is 11.9 Å². The number of rotatable bonds is 12. The van der Waals surface area contributed by atoms with Gasteiger partial charge in [-0.3, -0.25) is 19.1 Å². The van der Waals surface area contributed by atoms with E-state index in [2.05, 4.69) is 35.9 Å². The fourth-order valence-electron chi connectivity index (χ4n) is 6.36. The molecule has 0 spiro atoms.